The highest BCUT2D eigenvalue weighted by molar-refractivity contribution is 7.82. The number of nitrogens with zero attached hydrogens (tertiary/aromatic N) is 1. The average Bonchev–Trinajstić information content (AvgIpc) is 3.16. The fraction of sp³-hybridized carbons (Fsp3) is 0.381. The van der Waals surface area contributed by atoms with Crippen molar-refractivity contribution >= 4 is 16.9 Å². The van der Waals surface area contributed by atoms with Crippen molar-refractivity contribution in [3.8, 4) is 11.1 Å². The van der Waals surface area contributed by atoms with E-state index in [0.717, 1.165) is 17.5 Å². The number of halogens is 1. The molecule has 142 valence electrons. The number of likely N-dealkylation sites (tertiary alicyclic amines) is 1. The van der Waals surface area contributed by atoms with Gasteiger partial charge in [0, 0.05) is 31.8 Å². The minimum Gasteiger partial charge on any atom is -0.341 e. The van der Waals surface area contributed by atoms with E-state index in [2.05, 4.69) is 4.72 Å². The summed E-state index contributed by atoms with van der Waals surface area (Å²) in [6.45, 7) is 1.08. The van der Waals surface area contributed by atoms with Crippen LogP contribution < -0.4 is 4.72 Å². The maximum Gasteiger partial charge on any atom is 0.229 e. The van der Waals surface area contributed by atoms with E-state index in [1.165, 1.54) is 0 Å². The molecule has 1 aliphatic carbocycles. The van der Waals surface area contributed by atoms with E-state index in [1.807, 2.05) is 48.5 Å². The average molecular weight is 386 g/mol. The van der Waals surface area contributed by atoms with E-state index in [9.17, 15) is 9.00 Å². The maximum atomic E-state index is 15.7. The molecule has 4 atom stereocenters. The first-order valence-corrected chi connectivity index (χ1v) is 10.8. The van der Waals surface area contributed by atoms with Crippen molar-refractivity contribution in [2.75, 3.05) is 19.3 Å². The van der Waals surface area contributed by atoms with Crippen LogP contribution in [0, 0.1) is 5.92 Å². The van der Waals surface area contributed by atoms with Crippen LogP contribution in [0.2, 0.25) is 0 Å². The predicted molar refractivity (Wildman–Crippen MR) is 105 cm³/mol. The molecule has 0 radical (unpaired) electrons. The van der Waals surface area contributed by atoms with E-state index >= 15 is 4.39 Å². The molecule has 1 aliphatic heterocycles. The molecule has 4 nitrogen and oxygen atoms in total. The Bertz CT molecular complexity index is 875. The molecule has 6 heteroatoms. The number of rotatable bonds is 5. The second-order valence-corrected chi connectivity index (χ2v) is 8.52. The van der Waals surface area contributed by atoms with Crippen molar-refractivity contribution in [3.63, 3.8) is 0 Å². The number of alkyl halides is 1. The molecule has 4 rings (SSSR count). The van der Waals surface area contributed by atoms with Gasteiger partial charge in [-0.15, -0.1) is 0 Å². The summed E-state index contributed by atoms with van der Waals surface area (Å²) < 4.78 is 30.0. The Labute approximate surface area is 161 Å². The zero-order valence-electron chi connectivity index (χ0n) is 15.2. The minimum atomic E-state index is -1.61. The van der Waals surface area contributed by atoms with Crippen molar-refractivity contribution < 1.29 is 13.4 Å². The maximum absolute atomic E-state index is 15.7. The van der Waals surface area contributed by atoms with Crippen LogP contribution in [-0.4, -0.2) is 40.4 Å². The molecule has 27 heavy (non-hydrogen) atoms. The van der Waals surface area contributed by atoms with E-state index in [1.54, 1.807) is 17.2 Å². The van der Waals surface area contributed by atoms with Crippen LogP contribution in [0.1, 0.15) is 18.4 Å². The number of hydrogen-bond donors (Lipinski definition) is 1. The van der Waals surface area contributed by atoms with Crippen LogP contribution in [0.5, 0.6) is 0 Å². The van der Waals surface area contributed by atoms with Gasteiger partial charge in [-0.3, -0.25) is 4.79 Å². The molecule has 1 saturated carbocycles. The Morgan fingerprint density at radius 1 is 1.19 bits per heavy atom. The van der Waals surface area contributed by atoms with Crippen LogP contribution in [0.25, 0.3) is 11.1 Å². The number of hydrogen-bond acceptors (Lipinski definition) is 2. The third-order valence-electron chi connectivity index (χ3n) is 5.48. The van der Waals surface area contributed by atoms with Crippen LogP contribution in [0.4, 0.5) is 4.39 Å². The Kier molecular flexibility index (Phi) is 4.86. The summed E-state index contributed by atoms with van der Waals surface area (Å²) in [6.07, 6.45) is 2.56. The molecule has 1 heterocycles. The Morgan fingerprint density at radius 3 is 2.63 bits per heavy atom. The SMILES string of the molecule is CS(=O)NC1CCN(C(=O)C2CC2(F)c2ccccc2-c2ccccc2)C1. The normalized spacial score (nSPS) is 28.1. The number of benzene rings is 2. The molecule has 0 aromatic heterocycles. The lowest BCUT2D eigenvalue weighted by Crippen LogP contribution is -2.37. The zero-order valence-corrected chi connectivity index (χ0v) is 16.0. The molecule has 2 aliphatic rings. The largest absolute Gasteiger partial charge is 0.341 e. The quantitative estimate of drug-likeness (QED) is 0.859. The molecule has 0 bridgehead atoms. The highest BCUT2D eigenvalue weighted by Gasteiger charge is 2.62. The van der Waals surface area contributed by atoms with Crippen molar-refractivity contribution in [1.82, 2.24) is 9.62 Å². The van der Waals surface area contributed by atoms with Crippen molar-refractivity contribution in [2.45, 2.75) is 24.6 Å². The molecule has 2 aromatic rings. The Balaban J connectivity index is 1.53. The van der Waals surface area contributed by atoms with Gasteiger partial charge in [-0.25, -0.2) is 13.3 Å². The molecule has 0 spiro atoms. The standard InChI is InChI=1S/C21H23FN2O2S/c1-27(26)23-16-11-12-24(14-16)20(25)19-13-21(19,22)18-10-6-5-9-17(18)15-7-3-2-4-8-15/h2-10,16,19,23H,11-14H2,1H3. The summed E-state index contributed by atoms with van der Waals surface area (Å²) in [4.78, 5) is 14.6. The van der Waals surface area contributed by atoms with Crippen LogP contribution in [0.15, 0.2) is 54.6 Å². The highest BCUT2D eigenvalue weighted by Crippen LogP contribution is 2.58. The molecule has 2 fully saturated rings. The molecule has 1 amide bonds. The number of amides is 1. The van der Waals surface area contributed by atoms with Gasteiger partial charge in [0.05, 0.1) is 16.9 Å². The molecular weight excluding hydrogens is 363 g/mol. The van der Waals surface area contributed by atoms with Gasteiger partial charge in [0.15, 0.2) is 0 Å². The third kappa shape index (κ3) is 3.56. The van der Waals surface area contributed by atoms with E-state index in [-0.39, 0.29) is 18.4 Å². The zero-order chi connectivity index (χ0) is 19.0. The molecule has 2 aromatic carbocycles. The summed E-state index contributed by atoms with van der Waals surface area (Å²) >= 11 is 0. The lowest BCUT2D eigenvalue weighted by atomic mass is 9.94. The molecule has 1 saturated heterocycles. The fourth-order valence-electron chi connectivity index (χ4n) is 4.05. The summed E-state index contributed by atoms with van der Waals surface area (Å²) in [7, 11) is -1.11. The Morgan fingerprint density at radius 2 is 1.89 bits per heavy atom. The lowest BCUT2D eigenvalue weighted by Gasteiger charge is -2.19. The molecule has 1 N–H and O–H groups in total. The number of nitrogens with one attached hydrogen (secondary N) is 1. The van der Waals surface area contributed by atoms with Gasteiger partial charge in [0.2, 0.25) is 5.91 Å². The van der Waals surface area contributed by atoms with Gasteiger partial charge in [-0.05, 0) is 23.1 Å². The minimum absolute atomic E-state index is 0.0177. The first kappa shape index (κ1) is 18.3. The van der Waals surface area contributed by atoms with E-state index < -0.39 is 22.6 Å². The van der Waals surface area contributed by atoms with Gasteiger partial charge in [-0.2, -0.15) is 0 Å². The second kappa shape index (κ2) is 7.17. The first-order chi connectivity index (χ1) is 13.0. The Hall–Kier alpha value is -2.05. The summed E-state index contributed by atoms with van der Waals surface area (Å²) in [5.74, 6) is -0.764. The smallest absolute Gasteiger partial charge is 0.229 e. The fourth-order valence-corrected chi connectivity index (χ4v) is 4.71. The number of carbonyl (C=O) groups excluding carboxylic acids is 1. The number of carbonyl (C=O) groups is 1. The van der Waals surface area contributed by atoms with Gasteiger partial charge >= 0.3 is 0 Å². The van der Waals surface area contributed by atoms with Crippen molar-refractivity contribution in [1.29, 1.82) is 0 Å². The molecular formula is C21H23FN2O2S. The monoisotopic (exact) mass is 386 g/mol. The summed E-state index contributed by atoms with van der Waals surface area (Å²) in [6, 6.07) is 17.2. The highest BCUT2D eigenvalue weighted by atomic mass is 32.2. The van der Waals surface area contributed by atoms with Gasteiger partial charge in [0.1, 0.15) is 5.67 Å². The van der Waals surface area contributed by atoms with Gasteiger partial charge < -0.3 is 4.90 Å². The van der Waals surface area contributed by atoms with Crippen LogP contribution >= 0.6 is 0 Å². The first-order valence-electron chi connectivity index (χ1n) is 9.21. The van der Waals surface area contributed by atoms with E-state index in [4.69, 9.17) is 0 Å². The van der Waals surface area contributed by atoms with Crippen LogP contribution in [0.3, 0.4) is 0 Å². The van der Waals surface area contributed by atoms with E-state index in [0.29, 0.717) is 18.7 Å². The van der Waals surface area contributed by atoms with Gasteiger partial charge in [-0.1, -0.05) is 54.6 Å². The van der Waals surface area contributed by atoms with Crippen molar-refractivity contribution in [3.05, 3.63) is 60.2 Å². The second-order valence-electron chi connectivity index (χ2n) is 7.37. The summed E-state index contributed by atoms with van der Waals surface area (Å²) in [5.41, 5.74) is 0.790. The molecule has 4 unspecified atom stereocenters. The predicted octanol–water partition coefficient (Wildman–Crippen LogP) is 3.02. The summed E-state index contributed by atoms with van der Waals surface area (Å²) in [5, 5.41) is 0. The van der Waals surface area contributed by atoms with Gasteiger partial charge in [0.25, 0.3) is 0 Å². The van der Waals surface area contributed by atoms with Crippen LogP contribution in [-0.2, 0) is 21.4 Å². The topological polar surface area (TPSA) is 49.4 Å². The lowest BCUT2D eigenvalue weighted by molar-refractivity contribution is -0.132. The third-order valence-corrected chi connectivity index (χ3v) is 6.15. The van der Waals surface area contributed by atoms with Crippen molar-refractivity contribution in [2.24, 2.45) is 5.92 Å².